The summed E-state index contributed by atoms with van der Waals surface area (Å²) in [5.41, 5.74) is 0.594. The van der Waals surface area contributed by atoms with Crippen LogP contribution in [0.2, 0.25) is 10.0 Å². The number of aromatic nitrogens is 1. The minimum atomic E-state index is -0.887. The summed E-state index contributed by atoms with van der Waals surface area (Å²) in [4.78, 5) is 40.2. The lowest BCUT2D eigenvalue weighted by molar-refractivity contribution is 0.0600. The number of carbonyl (C=O) groups is 2. The van der Waals surface area contributed by atoms with E-state index in [4.69, 9.17) is 36.9 Å². The van der Waals surface area contributed by atoms with E-state index in [9.17, 15) is 14.4 Å². The van der Waals surface area contributed by atoms with E-state index in [1.807, 2.05) is 0 Å². The molecule has 0 N–H and O–H groups in total. The van der Waals surface area contributed by atoms with Gasteiger partial charge < -0.3 is 13.7 Å². The molecule has 166 valence electrons. The predicted octanol–water partition coefficient (Wildman–Crippen LogP) is 4.93. The summed E-state index contributed by atoms with van der Waals surface area (Å²) in [6.45, 7) is 1.68. The van der Waals surface area contributed by atoms with Crippen LogP contribution in [0.25, 0.3) is 11.0 Å². The maximum atomic E-state index is 13.6. The molecule has 10 heteroatoms. The first-order valence-corrected chi connectivity index (χ1v) is 10.5. The molecule has 0 bridgehead atoms. The van der Waals surface area contributed by atoms with Crippen molar-refractivity contribution in [3.05, 3.63) is 90.9 Å². The molecule has 0 aliphatic carbocycles. The number of hydrogen-bond acceptors (Lipinski definition) is 7. The molecule has 5 rings (SSSR count). The Labute approximate surface area is 196 Å². The average molecular weight is 485 g/mol. The van der Waals surface area contributed by atoms with Gasteiger partial charge in [0.15, 0.2) is 16.8 Å². The van der Waals surface area contributed by atoms with Gasteiger partial charge in [0.2, 0.25) is 5.76 Å². The van der Waals surface area contributed by atoms with Gasteiger partial charge in [-0.25, -0.2) is 4.79 Å². The van der Waals surface area contributed by atoms with E-state index < -0.39 is 23.3 Å². The van der Waals surface area contributed by atoms with Gasteiger partial charge in [0.1, 0.15) is 5.76 Å². The third-order valence-electron chi connectivity index (χ3n) is 5.40. The molecule has 2 aromatic heterocycles. The lowest BCUT2D eigenvalue weighted by Gasteiger charge is -2.22. The number of benzene rings is 2. The Bertz CT molecular complexity index is 1510. The first-order chi connectivity index (χ1) is 15.8. The van der Waals surface area contributed by atoms with Gasteiger partial charge in [-0.2, -0.15) is 0 Å². The normalized spacial score (nSPS) is 15.2. The van der Waals surface area contributed by atoms with E-state index >= 15 is 0 Å². The quantitative estimate of drug-likeness (QED) is 0.379. The molecule has 0 radical (unpaired) electrons. The van der Waals surface area contributed by atoms with Crippen molar-refractivity contribution in [2.45, 2.75) is 13.0 Å². The molecule has 0 spiro atoms. The van der Waals surface area contributed by atoms with Crippen LogP contribution < -0.4 is 10.3 Å². The van der Waals surface area contributed by atoms with Crippen LogP contribution >= 0.6 is 23.2 Å². The largest absolute Gasteiger partial charge is 0.465 e. The van der Waals surface area contributed by atoms with Crippen LogP contribution in [0.5, 0.6) is 0 Å². The van der Waals surface area contributed by atoms with E-state index in [-0.39, 0.29) is 38.2 Å². The van der Waals surface area contributed by atoms with Crippen LogP contribution in [0.4, 0.5) is 5.82 Å². The molecule has 1 aliphatic heterocycles. The minimum absolute atomic E-state index is 0.0659. The second-order valence-electron chi connectivity index (χ2n) is 7.43. The zero-order chi connectivity index (χ0) is 23.4. The molecule has 0 saturated heterocycles. The molecule has 0 fully saturated rings. The molecule has 0 unspecified atom stereocenters. The molecule has 3 heterocycles. The second kappa shape index (κ2) is 7.75. The first-order valence-electron chi connectivity index (χ1n) is 9.71. The van der Waals surface area contributed by atoms with Crippen molar-refractivity contribution in [1.82, 2.24) is 5.16 Å². The number of fused-ring (bicyclic) bond motifs is 2. The Morgan fingerprint density at radius 1 is 1.12 bits per heavy atom. The molecular weight excluding hydrogens is 471 g/mol. The zero-order valence-electron chi connectivity index (χ0n) is 17.2. The van der Waals surface area contributed by atoms with Crippen molar-refractivity contribution in [3.8, 4) is 0 Å². The third-order valence-corrected chi connectivity index (χ3v) is 5.90. The number of esters is 1. The van der Waals surface area contributed by atoms with E-state index in [1.54, 1.807) is 37.3 Å². The van der Waals surface area contributed by atoms with Gasteiger partial charge in [-0.15, -0.1) is 0 Å². The molecule has 1 aliphatic rings. The van der Waals surface area contributed by atoms with E-state index in [0.29, 0.717) is 16.9 Å². The van der Waals surface area contributed by atoms with Crippen molar-refractivity contribution in [1.29, 1.82) is 0 Å². The standard InChI is InChI=1S/C23H14Cl2N2O6/c1-10-7-16(26-33-10)27-18(11-3-5-12(6-4-11)23(30)31-2)17-19(28)14-8-13(24)9-15(25)20(14)32-21(17)22(27)29/h3-9,18H,1-2H3/t18-/m0/s1. The second-order valence-corrected chi connectivity index (χ2v) is 8.27. The highest BCUT2D eigenvalue weighted by molar-refractivity contribution is 6.38. The maximum absolute atomic E-state index is 13.6. The topological polar surface area (TPSA) is 103 Å². The smallest absolute Gasteiger partial charge is 0.337 e. The number of amides is 1. The summed E-state index contributed by atoms with van der Waals surface area (Å²) < 4.78 is 15.8. The Balaban J connectivity index is 1.78. The van der Waals surface area contributed by atoms with E-state index in [2.05, 4.69) is 5.16 Å². The maximum Gasteiger partial charge on any atom is 0.337 e. The Morgan fingerprint density at radius 3 is 2.48 bits per heavy atom. The molecule has 4 aromatic rings. The molecular formula is C23H14Cl2N2O6. The number of nitrogens with zero attached hydrogens (tertiary/aromatic N) is 2. The first kappa shape index (κ1) is 21.2. The minimum Gasteiger partial charge on any atom is -0.465 e. The summed E-state index contributed by atoms with van der Waals surface area (Å²) in [6.07, 6.45) is 0. The van der Waals surface area contributed by atoms with Crippen LogP contribution in [0.3, 0.4) is 0 Å². The van der Waals surface area contributed by atoms with E-state index in [1.165, 1.54) is 24.1 Å². The highest BCUT2D eigenvalue weighted by atomic mass is 35.5. The summed E-state index contributed by atoms with van der Waals surface area (Å²) in [5.74, 6) is -0.556. The van der Waals surface area contributed by atoms with Gasteiger partial charge in [0.05, 0.1) is 34.7 Å². The number of carbonyl (C=O) groups excluding carboxylic acids is 2. The Kier molecular flexibility index (Phi) is 4.99. The molecule has 1 atom stereocenters. The van der Waals surface area contributed by atoms with Crippen LogP contribution in [-0.4, -0.2) is 24.1 Å². The zero-order valence-corrected chi connectivity index (χ0v) is 18.7. The van der Waals surface area contributed by atoms with Crippen molar-refractivity contribution >= 4 is 51.9 Å². The van der Waals surface area contributed by atoms with Gasteiger partial charge in [-0.05, 0) is 36.8 Å². The van der Waals surface area contributed by atoms with Crippen LogP contribution in [-0.2, 0) is 4.74 Å². The summed E-state index contributed by atoms with van der Waals surface area (Å²) in [7, 11) is 1.28. The van der Waals surface area contributed by atoms with Crippen LogP contribution in [0.15, 0.2) is 56.2 Å². The number of halogens is 2. The molecule has 33 heavy (non-hydrogen) atoms. The van der Waals surface area contributed by atoms with Crippen molar-refractivity contribution in [3.63, 3.8) is 0 Å². The van der Waals surface area contributed by atoms with Gasteiger partial charge in [0.25, 0.3) is 5.91 Å². The summed E-state index contributed by atoms with van der Waals surface area (Å²) in [6, 6.07) is 9.93. The molecule has 2 aromatic carbocycles. The van der Waals surface area contributed by atoms with Gasteiger partial charge >= 0.3 is 5.97 Å². The van der Waals surface area contributed by atoms with Gasteiger partial charge in [-0.3, -0.25) is 14.5 Å². The number of hydrogen-bond donors (Lipinski definition) is 0. The number of aryl methyl sites for hydroxylation is 1. The van der Waals surface area contributed by atoms with Crippen molar-refractivity contribution < 1.29 is 23.3 Å². The lowest BCUT2D eigenvalue weighted by atomic mass is 9.97. The lowest BCUT2D eigenvalue weighted by Crippen LogP contribution is -2.29. The fraction of sp³-hybridized carbons (Fsp3) is 0.130. The Morgan fingerprint density at radius 2 is 1.85 bits per heavy atom. The van der Waals surface area contributed by atoms with Gasteiger partial charge in [-0.1, -0.05) is 40.5 Å². The monoisotopic (exact) mass is 484 g/mol. The van der Waals surface area contributed by atoms with Crippen LogP contribution in [0, 0.1) is 6.92 Å². The number of methoxy groups -OCH3 is 1. The fourth-order valence-corrected chi connectivity index (χ4v) is 4.47. The number of rotatable bonds is 3. The van der Waals surface area contributed by atoms with Gasteiger partial charge in [0, 0.05) is 11.1 Å². The number of ether oxygens (including phenoxy) is 1. The summed E-state index contributed by atoms with van der Waals surface area (Å²) >= 11 is 12.4. The average Bonchev–Trinajstić information content (AvgIpc) is 3.35. The molecule has 8 nitrogen and oxygen atoms in total. The number of anilines is 1. The third kappa shape index (κ3) is 3.30. The highest BCUT2D eigenvalue weighted by Gasteiger charge is 2.45. The summed E-state index contributed by atoms with van der Waals surface area (Å²) in [5, 5.41) is 4.48. The SMILES string of the molecule is COC(=O)c1ccc([C@H]2c3c(oc4c(Cl)cc(Cl)cc4c3=O)C(=O)N2c2cc(C)on2)cc1. The predicted molar refractivity (Wildman–Crippen MR) is 120 cm³/mol. The highest BCUT2D eigenvalue weighted by Crippen LogP contribution is 2.42. The Hall–Kier alpha value is -3.62. The van der Waals surface area contributed by atoms with Crippen molar-refractivity contribution in [2.24, 2.45) is 0 Å². The van der Waals surface area contributed by atoms with Crippen LogP contribution in [0.1, 0.15) is 43.8 Å². The molecule has 0 saturated carbocycles. The molecule has 1 amide bonds. The van der Waals surface area contributed by atoms with Crippen molar-refractivity contribution in [2.75, 3.05) is 12.0 Å². The van der Waals surface area contributed by atoms with E-state index in [0.717, 1.165) is 0 Å². The fourth-order valence-electron chi connectivity index (χ4n) is 3.94.